The summed E-state index contributed by atoms with van der Waals surface area (Å²) in [5.41, 5.74) is 1.70. The number of anilines is 1. The van der Waals surface area contributed by atoms with Crippen LogP contribution < -0.4 is 10.2 Å². The van der Waals surface area contributed by atoms with Gasteiger partial charge < -0.3 is 15.1 Å². The van der Waals surface area contributed by atoms with Crippen LogP contribution in [0.1, 0.15) is 18.5 Å². The van der Waals surface area contributed by atoms with Gasteiger partial charge in [-0.15, -0.1) is 0 Å². The number of nitrogens with zero attached hydrogens (tertiary/aromatic N) is 2. The van der Waals surface area contributed by atoms with Crippen molar-refractivity contribution >= 4 is 23.2 Å². The van der Waals surface area contributed by atoms with Crippen LogP contribution in [0.4, 0.5) is 10.1 Å². The van der Waals surface area contributed by atoms with Gasteiger partial charge in [-0.3, -0.25) is 4.79 Å². The molecule has 1 fully saturated rings. The molecule has 1 heterocycles. The number of carbonyl (C=O) groups is 1. The molecule has 3 rings (SSSR count). The van der Waals surface area contributed by atoms with Crippen molar-refractivity contribution in [1.82, 2.24) is 10.2 Å². The van der Waals surface area contributed by atoms with Crippen molar-refractivity contribution in [2.24, 2.45) is 0 Å². The maximum atomic E-state index is 13.9. The minimum atomic E-state index is -0.217. The molecule has 1 saturated heterocycles. The first-order valence-corrected chi connectivity index (χ1v) is 9.18. The average Bonchev–Trinajstić information content (AvgIpc) is 2.67. The number of amides is 1. The van der Waals surface area contributed by atoms with E-state index in [1.807, 2.05) is 47.1 Å². The summed E-state index contributed by atoms with van der Waals surface area (Å²) < 4.78 is 13.9. The van der Waals surface area contributed by atoms with Crippen LogP contribution >= 0.6 is 11.6 Å². The Morgan fingerprint density at radius 2 is 1.77 bits per heavy atom. The summed E-state index contributed by atoms with van der Waals surface area (Å²) >= 11 is 5.90. The monoisotopic (exact) mass is 375 g/mol. The van der Waals surface area contributed by atoms with Crippen LogP contribution in [0.15, 0.2) is 48.5 Å². The maximum Gasteiger partial charge on any atom is 0.236 e. The maximum absolute atomic E-state index is 13.9. The number of piperazine rings is 1. The molecular formula is C20H23ClFN3O. The minimum Gasteiger partial charge on any atom is -0.366 e. The summed E-state index contributed by atoms with van der Waals surface area (Å²) in [4.78, 5) is 16.3. The number of halogens is 2. The zero-order chi connectivity index (χ0) is 18.5. The van der Waals surface area contributed by atoms with E-state index in [-0.39, 0.29) is 24.3 Å². The lowest BCUT2D eigenvalue weighted by Gasteiger charge is -2.36. The lowest BCUT2D eigenvalue weighted by molar-refractivity contribution is -0.130. The summed E-state index contributed by atoms with van der Waals surface area (Å²) in [6.07, 6.45) is 0. The first-order valence-electron chi connectivity index (χ1n) is 8.80. The van der Waals surface area contributed by atoms with Crippen molar-refractivity contribution in [3.63, 3.8) is 0 Å². The van der Waals surface area contributed by atoms with Crippen LogP contribution in [0.5, 0.6) is 0 Å². The normalized spacial score (nSPS) is 15.8. The van der Waals surface area contributed by atoms with E-state index in [0.29, 0.717) is 36.9 Å². The molecule has 2 aromatic rings. The second kappa shape index (κ2) is 8.52. The van der Waals surface area contributed by atoms with Gasteiger partial charge in [0.2, 0.25) is 5.91 Å². The van der Waals surface area contributed by atoms with E-state index >= 15 is 0 Å². The number of hydrogen-bond acceptors (Lipinski definition) is 3. The third kappa shape index (κ3) is 4.54. The van der Waals surface area contributed by atoms with Gasteiger partial charge in [-0.25, -0.2) is 4.39 Å². The molecule has 0 aliphatic carbocycles. The Balaban J connectivity index is 1.48. The smallest absolute Gasteiger partial charge is 0.236 e. The second-order valence-electron chi connectivity index (χ2n) is 6.47. The van der Waals surface area contributed by atoms with Gasteiger partial charge >= 0.3 is 0 Å². The zero-order valence-corrected chi connectivity index (χ0v) is 15.5. The Labute approximate surface area is 158 Å². The molecule has 0 spiro atoms. The molecule has 138 valence electrons. The van der Waals surface area contributed by atoms with E-state index < -0.39 is 0 Å². The summed E-state index contributed by atoms with van der Waals surface area (Å²) in [5.74, 6) is -0.148. The lowest BCUT2D eigenvalue weighted by Crippen LogP contribution is -2.51. The van der Waals surface area contributed by atoms with E-state index in [4.69, 9.17) is 11.6 Å². The van der Waals surface area contributed by atoms with Crippen molar-refractivity contribution in [2.45, 2.75) is 13.0 Å². The van der Waals surface area contributed by atoms with Gasteiger partial charge in [0.25, 0.3) is 0 Å². The first-order chi connectivity index (χ1) is 12.5. The number of carbonyl (C=O) groups excluding carboxylic acids is 1. The summed E-state index contributed by atoms with van der Waals surface area (Å²) in [6.45, 7) is 4.78. The van der Waals surface area contributed by atoms with Crippen LogP contribution in [0.2, 0.25) is 5.02 Å². The van der Waals surface area contributed by atoms with Crippen LogP contribution in [0.3, 0.4) is 0 Å². The highest BCUT2D eigenvalue weighted by Crippen LogP contribution is 2.20. The largest absolute Gasteiger partial charge is 0.366 e. The number of benzene rings is 2. The molecule has 4 nitrogen and oxygen atoms in total. The standard InChI is InChI=1S/C20H23ClFN3O/c1-15(16-6-8-17(21)9-7-16)23-14-20(26)25-12-10-24(11-13-25)19-5-3-2-4-18(19)22/h2-9,15,23H,10-14H2,1H3/t15-/m1/s1. The number of nitrogens with one attached hydrogen (secondary N) is 1. The SMILES string of the molecule is C[C@@H](NCC(=O)N1CCN(c2ccccc2F)CC1)c1ccc(Cl)cc1. The molecule has 0 aromatic heterocycles. The molecule has 1 aliphatic heterocycles. The molecule has 0 bridgehead atoms. The van der Waals surface area contributed by atoms with Crippen LogP contribution in [-0.2, 0) is 4.79 Å². The number of para-hydroxylation sites is 1. The van der Waals surface area contributed by atoms with Gasteiger partial charge in [0.05, 0.1) is 12.2 Å². The highest BCUT2D eigenvalue weighted by molar-refractivity contribution is 6.30. The molecule has 0 saturated carbocycles. The second-order valence-corrected chi connectivity index (χ2v) is 6.91. The van der Waals surface area contributed by atoms with Crippen molar-refractivity contribution < 1.29 is 9.18 Å². The molecule has 1 amide bonds. The van der Waals surface area contributed by atoms with Gasteiger partial charge in [-0.2, -0.15) is 0 Å². The van der Waals surface area contributed by atoms with Crippen LogP contribution in [0, 0.1) is 5.82 Å². The van der Waals surface area contributed by atoms with Crippen molar-refractivity contribution in [3.8, 4) is 0 Å². The number of hydrogen-bond donors (Lipinski definition) is 1. The van der Waals surface area contributed by atoms with Gasteiger partial charge in [-0.1, -0.05) is 35.9 Å². The Bertz CT molecular complexity index is 745. The van der Waals surface area contributed by atoms with Gasteiger partial charge in [-0.05, 0) is 36.8 Å². The van der Waals surface area contributed by atoms with E-state index in [2.05, 4.69) is 5.32 Å². The molecule has 0 unspecified atom stereocenters. The molecule has 0 radical (unpaired) electrons. The molecular weight excluding hydrogens is 353 g/mol. The molecule has 26 heavy (non-hydrogen) atoms. The third-order valence-corrected chi connectivity index (χ3v) is 5.01. The topological polar surface area (TPSA) is 35.6 Å². The zero-order valence-electron chi connectivity index (χ0n) is 14.8. The van der Waals surface area contributed by atoms with Crippen molar-refractivity contribution in [3.05, 3.63) is 64.9 Å². The Hall–Kier alpha value is -2.11. The Kier molecular flexibility index (Phi) is 6.12. The lowest BCUT2D eigenvalue weighted by atomic mass is 10.1. The average molecular weight is 376 g/mol. The highest BCUT2D eigenvalue weighted by Gasteiger charge is 2.22. The predicted molar refractivity (Wildman–Crippen MR) is 103 cm³/mol. The quantitative estimate of drug-likeness (QED) is 0.869. The predicted octanol–water partition coefficient (Wildman–Crippen LogP) is 3.48. The Morgan fingerprint density at radius 1 is 1.12 bits per heavy atom. The molecule has 1 aliphatic rings. The minimum absolute atomic E-state index is 0.0657. The van der Waals surface area contributed by atoms with Gasteiger partial charge in [0, 0.05) is 37.2 Å². The molecule has 1 atom stereocenters. The van der Waals surface area contributed by atoms with Gasteiger partial charge in [0.15, 0.2) is 0 Å². The first kappa shape index (κ1) is 18.7. The Morgan fingerprint density at radius 3 is 2.42 bits per heavy atom. The highest BCUT2D eigenvalue weighted by atomic mass is 35.5. The van der Waals surface area contributed by atoms with E-state index in [9.17, 15) is 9.18 Å². The number of rotatable bonds is 5. The summed E-state index contributed by atoms with van der Waals surface area (Å²) in [5, 5.41) is 3.96. The van der Waals surface area contributed by atoms with E-state index in [0.717, 1.165) is 5.56 Å². The fourth-order valence-electron chi connectivity index (χ4n) is 3.13. The third-order valence-electron chi connectivity index (χ3n) is 4.75. The van der Waals surface area contributed by atoms with Crippen LogP contribution in [-0.4, -0.2) is 43.5 Å². The summed E-state index contributed by atoms with van der Waals surface area (Å²) in [7, 11) is 0. The fraction of sp³-hybridized carbons (Fsp3) is 0.350. The van der Waals surface area contributed by atoms with Crippen molar-refractivity contribution in [2.75, 3.05) is 37.6 Å². The fourth-order valence-corrected chi connectivity index (χ4v) is 3.25. The molecule has 6 heteroatoms. The van der Waals surface area contributed by atoms with Crippen LogP contribution in [0.25, 0.3) is 0 Å². The van der Waals surface area contributed by atoms with E-state index in [1.54, 1.807) is 12.1 Å². The van der Waals surface area contributed by atoms with Crippen molar-refractivity contribution in [1.29, 1.82) is 0 Å². The van der Waals surface area contributed by atoms with E-state index in [1.165, 1.54) is 6.07 Å². The van der Waals surface area contributed by atoms with Gasteiger partial charge in [0.1, 0.15) is 5.82 Å². The summed E-state index contributed by atoms with van der Waals surface area (Å²) in [6, 6.07) is 14.4. The molecule has 1 N–H and O–H groups in total. The molecule has 2 aromatic carbocycles.